The molecule has 0 saturated carbocycles. The van der Waals surface area contributed by atoms with Gasteiger partial charge in [-0.25, -0.2) is 0 Å². The molecule has 0 spiro atoms. The first-order valence-electron chi connectivity index (χ1n) is 7.45. The van der Waals surface area contributed by atoms with Crippen LogP contribution in [0.2, 0.25) is 0 Å². The van der Waals surface area contributed by atoms with Gasteiger partial charge in [-0.3, -0.25) is 14.4 Å². The molecule has 3 N–H and O–H groups in total. The Morgan fingerprint density at radius 3 is 1.86 bits per heavy atom. The maximum Gasteiger partial charge on any atom is 0.326 e. The summed E-state index contributed by atoms with van der Waals surface area (Å²) in [7, 11) is 0. The minimum atomic E-state index is -1.29. The van der Waals surface area contributed by atoms with Gasteiger partial charge < -0.3 is 20.3 Å². The van der Waals surface area contributed by atoms with Gasteiger partial charge in [-0.05, 0) is 12.3 Å². The average molecular weight is 317 g/mol. The van der Waals surface area contributed by atoms with Crippen LogP contribution < -0.4 is 5.73 Å². The molecule has 0 aliphatic carbocycles. The third-order valence-electron chi connectivity index (χ3n) is 3.11. The molecule has 0 saturated heterocycles. The molecule has 0 aromatic rings. The SMILES string of the molecule is CC(C)CCC(C(=O)O)C(N)C(=O)O[C@H](C)OC(=O)C(C)C. The zero-order chi connectivity index (χ0) is 17.4. The summed E-state index contributed by atoms with van der Waals surface area (Å²) in [5.41, 5.74) is 5.69. The van der Waals surface area contributed by atoms with E-state index in [-0.39, 0.29) is 12.3 Å². The normalized spacial score (nSPS) is 15.3. The van der Waals surface area contributed by atoms with Crippen molar-refractivity contribution < 1.29 is 29.0 Å². The number of carboxylic acid groups (broad SMARTS) is 1. The maximum atomic E-state index is 11.9. The van der Waals surface area contributed by atoms with Crippen LogP contribution in [0.25, 0.3) is 0 Å². The quantitative estimate of drug-likeness (QED) is 0.489. The third kappa shape index (κ3) is 7.40. The van der Waals surface area contributed by atoms with E-state index < -0.39 is 36.2 Å². The molecule has 3 atom stereocenters. The summed E-state index contributed by atoms with van der Waals surface area (Å²) in [6.07, 6.45) is -0.188. The van der Waals surface area contributed by atoms with Crippen molar-refractivity contribution in [2.24, 2.45) is 23.5 Å². The van der Waals surface area contributed by atoms with E-state index in [1.54, 1.807) is 13.8 Å². The Labute approximate surface area is 131 Å². The van der Waals surface area contributed by atoms with Crippen molar-refractivity contribution >= 4 is 17.9 Å². The van der Waals surface area contributed by atoms with Crippen molar-refractivity contribution in [3.8, 4) is 0 Å². The van der Waals surface area contributed by atoms with Gasteiger partial charge in [0.1, 0.15) is 6.04 Å². The van der Waals surface area contributed by atoms with E-state index in [9.17, 15) is 19.5 Å². The van der Waals surface area contributed by atoms with Crippen LogP contribution in [-0.2, 0) is 23.9 Å². The number of carboxylic acids is 1. The smallest absolute Gasteiger partial charge is 0.326 e. The summed E-state index contributed by atoms with van der Waals surface area (Å²) in [5, 5.41) is 9.18. The molecule has 0 rings (SSSR count). The third-order valence-corrected chi connectivity index (χ3v) is 3.11. The summed E-state index contributed by atoms with van der Waals surface area (Å²) in [6.45, 7) is 8.59. The second-order valence-electron chi connectivity index (χ2n) is 6.04. The highest BCUT2D eigenvalue weighted by Crippen LogP contribution is 2.17. The van der Waals surface area contributed by atoms with Crippen LogP contribution in [0.15, 0.2) is 0 Å². The number of ether oxygens (including phenoxy) is 2. The van der Waals surface area contributed by atoms with Crippen LogP contribution >= 0.6 is 0 Å². The zero-order valence-corrected chi connectivity index (χ0v) is 13.9. The van der Waals surface area contributed by atoms with Crippen molar-refractivity contribution in [1.29, 1.82) is 0 Å². The minimum Gasteiger partial charge on any atom is -0.481 e. The topological polar surface area (TPSA) is 116 Å². The van der Waals surface area contributed by atoms with E-state index in [1.807, 2.05) is 13.8 Å². The van der Waals surface area contributed by atoms with Crippen LogP contribution in [0, 0.1) is 17.8 Å². The molecule has 128 valence electrons. The summed E-state index contributed by atoms with van der Waals surface area (Å²) in [4.78, 5) is 34.5. The second-order valence-corrected chi connectivity index (χ2v) is 6.04. The van der Waals surface area contributed by atoms with Gasteiger partial charge in [0.2, 0.25) is 6.29 Å². The van der Waals surface area contributed by atoms with Crippen LogP contribution in [0.1, 0.15) is 47.5 Å². The Kier molecular flexibility index (Phi) is 8.70. The lowest BCUT2D eigenvalue weighted by Gasteiger charge is -2.22. The van der Waals surface area contributed by atoms with Gasteiger partial charge in [0.15, 0.2) is 0 Å². The number of aliphatic carboxylic acids is 1. The van der Waals surface area contributed by atoms with Gasteiger partial charge in [-0.2, -0.15) is 0 Å². The van der Waals surface area contributed by atoms with E-state index in [4.69, 9.17) is 15.2 Å². The van der Waals surface area contributed by atoms with Gasteiger partial charge >= 0.3 is 17.9 Å². The molecule has 0 fully saturated rings. The number of carbonyl (C=O) groups is 3. The van der Waals surface area contributed by atoms with Crippen LogP contribution in [0.4, 0.5) is 0 Å². The van der Waals surface area contributed by atoms with Gasteiger partial charge in [-0.1, -0.05) is 34.1 Å². The molecule has 0 aromatic heterocycles. The fourth-order valence-electron chi connectivity index (χ4n) is 1.70. The minimum absolute atomic E-state index is 0.281. The standard InChI is InChI=1S/C15H27NO6/c1-8(2)6-7-11(13(17)18)12(16)15(20)22-10(5)21-14(19)9(3)4/h8-12H,6-7,16H2,1-5H3,(H,17,18)/t10-,11?,12?/m1/s1. The van der Waals surface area contributed by atoms with Crippen molar-refractivity contribution in [3.63, 3.8) is 0 Å². The fourth-order valence-corrected chi connectivity index (χ4v) is 1.70. The molecule has 0 amide bonds. The lowest BCUT2D eigenvalue weighted by atomic mass is 9.92. The number of nitrogens with two attached hydrogens (primary N) is 1. The lowest BCUT2D eigenvalue weighted by molar-refractivity contribution is -0.189. The first-order valence-corrected chi connectivity index (χ1v) is 7.45. The van der Waals surface area contributed by atoms with Gasteiger partial charge in [0.05, 0.1) is 11.8 Å². The Morgan fingerprint density at radius 2 is 1.45 bits per heavy atom. The first kappa shape index (κ1) is 20.4. The fraction of sp³-hybridized carbons (Fsp3) is 0.800. The monoisotopic (exact) mass is 317 g/mol. The summed E-state index contributed by atoms with van der Waals surface area (Å²) in [6, 6.07) is -1.29. The summed E-state index contributed by atoms with van der Waals surface area (Å²) < 4.78 is 9.79. The average Bonchev–Trinajstić information content (AvgIpc) is 2.37. The molecule has 0 radical (unpaired) electrons. The molecular formula is C15H27NO6. The van der Waals surface area contributed by atoms with E-state index in [1.165, 1.54) is 6.92 Å². The van der Waals surface area contributed by atoms with Crippen LogP contribution in [0.3, 0.4) is 0 Å². The Balaban J connectivity index is 4.59. The van der Waals surface area contributed by atoms with E-state index in [0.29, 0.717) is 12.3 Å². The molecule has 2 unspecified atom stereocenters. The molecule has 7 nitrogen and oxygen atoms in total. The largest absolute Gasteiger partial charge is 0.481 e. The Bertz CT molecular complexity index is 393. The van der Waals surface area contributed by atoms with Crippen molar-refractivity contribution in [2.45, 2.75) is 59.8 Å². The molecule has 0 bridgehead atoms. The lowest BCUT2D eigenvalue weighted by Crippen LogP contribution is -2.44. The van der Waals surface area contributed by atoms with Gasteiger partial charge in [0.25, 0.3) is 0 Å². The highest BCUT2D eigenvalue weighted by atomic mass is 16.7. The first-order chi connectivity index (χ1) is 10.1. The summed E-state index contributed by atoms with van der Waals surface area (Å²) >= 11 is 0. The van der Waals surface area contributed by atoms with E-state index >= 15 is 0 Å². The van der Waals surface area contributed by atoms with E-state index in [0.717, 1.165) is 0 Å². The Hall–Kier alpha value is -1.63. The van der Waals surface area contributed by atoms with Gasteiger partial charge in [0, 0.05) is 6.92 Å². The molecule has 7 heteroatoms. The second kappa shape index (κ2) is 9.40. The van der Waals surface area contributed by atoms with Crippen molar-refractivity contribution in [1.82, 2.24) is 0 Å². The van der Waals surface area contributed by atoms with Crippen LogP contribution in [0.5, 0.6) is 0 Å². The van der Waals surface area contributed by atoms with E-state index in [2.05, 4.69) is 0 Å². The summed E-state index contributed by atoms with van der Waals surface area (Å²) in [5.74, 6) is -3.62. The highest BCUT2D eigenvalue weighted by molar-refractivity contribution is 5.83. The number of rotatable bonds is 9. The predicted octanol–water partition coefficient (Wildman–Crippen LogP) is 1.54. The van der Waals surface area contributed by atoms with Crippen LogP contribution in [-0.4, -0.2) is 35.3 Å². The highest BCUT2D eigenvalue weighted by Gasteiger charge is 2.33. The number of hydrogen-bond acceptors (Lipinski definition) is 6. The molecule has 0 aliphatic heterocycles. The van der Waals surface area contributed by atoms with Crippen molar-refractivity contribution in [3.05, 3.63) is 0 Å². The molecule has 0 aliphatic rings. The molecular weight excluding hydrogens is 290 g/mol. The molecule has 0 aromatic carbocycles. The zero-order valence-electron chi connectivity index (χ0n) is 13.9. The number of carbonyl (C=O) groups excluding carboxylic acids is 2. The van der Waals surface area contributed by atoms with Gasteiger partial charge in [-0.15, -0.1) is 0 Å². The van der Waals surface area contributed by atoms with Crippen molar-refractivity contribution in [2.75, 3.05) is 0 Å². The number of hydrogen-bond donors (Lipinski definition) is 2. The maximum absolute atomic E-state index is 11.9. The number of esters is 2. The molecule has 22 heavy (non-hydrogen) atoms. The Morgan fingerprint density at radius 1 is 0.955 bits per heavy atom. The molecule has 0 heterocycles. The predicted molar refractivity (Wildman–Crippen MR) is 79.7 cm³/mol.